The van der Waals surface area contributed by atoms with Gasteiger partial charge in [-0.15, -0.1) is 0 Å². The van der Waals surface area contributed by atoms with Gasteiger partial charge < -0.3 is 15.7 Å². The number of carbonyl (C=O) groups excluding carboxylic acids is 1. The van der Waals surface area contributed by atoms with Crippen molar-refractivity contribution in [2.75, 3.05) is 18.4 Å². The van der Waals surface area contributed by atoms with E-state index in [1.54, 1.807) is 6.07 Å². The van der Waals surface area contributed by atoms with Crippen LogP contribution in [-0.2, 0) is 4.79 Å². The van der Waals surface area contributed by atoms with Gasteiger partial charge in [0.25, 0.3) is 0 Å². The van der Waals surface area contributed by atoms with Gasteiger partial charge in [0, 0.05) is 11.6 Å². The second-order valence-corrected chi connectivity index (χ2v) is 5.84. The maximum atomic E-state index is 12.6. The molecule has 1 saturated heterocycles. The normalized spacial score (nSPS) is 21.2. The lowest BCUT2D eigenvalue weighted by molar-refractivity contribution is -0.125. The summed E-state index contributed by atoms with van der Waals surface area (Å²) in [5, 5.41) is 15.5. The summed E-state index contributed by atoms with van der Waals surface area (Å²) >= 11 is 5.82. The van der Waals surface area contributed by atoms with Crippen molar-refractivity contribution in [1.82, 2.24) is 5.32 Å². The van der Waals surface area contributed by atoms with Gasteiger partial charge in [-0.05, 0) is 37.6 Å². The van der Waals surface area contributed by atoms with Crippen LogP contribution >= 0.6 is 11.6 Å². The monoisotopic (exact) mass is 310 g/mol. The Morgan fingerprint density at radius 3 is 2.81 bits per heavy atom. The molecule has 1 aliphatic rings. The van der Waals surface area contributed by atoms with Crippen LogP contribution in [0.4, 0.5) is 5.69 Å². The van der Waals surface area contributed by atoms with Crippen molar-refractivity contribution in [2.24, 2.45) is 5.41 Å². The van der Waals surface area contributed by atoms with E-state index in [2.05, 4.69) is 10.6 Å². The predicted molar refractivity (Wildman–Crippen MR) is 81.9 cm³/mol. The number of amides is 1. The third-order valence-corrected chi connectivity index (χ3v) is 4.15. The molecule has 1 atom stereocenters. The fraction of sp³-hybridized carbons (Fsp3) is 0.467. The summed E-state index contributed by atoms with van der Waals surface area (Å²) in [6, 6.07) is 4.45. The van der Waals surface area contributed by atoms with Crippen molar-refractivity contribution >= 4 is 29.2 Å². The first-order valence-corrected chi connectivity index (χ1v) is 7.41. The topological polar surface area (TPSA) is 78.4 Å². The Kier molecular flexibility index (Phi) is 4.85. The molecule has 3 N–H and O–H groups in total. The molecule has 21 heavy (non-hydrogen) atoms. The van der Waals surface area contributed by atoms with Crippen LogP contribution in [0.3, 0.4) is 0 Å². The highest BCUT2D eigenvalue weighted by molar-refractivity contribution is 6.31. The van der Waals surface area contributed by atoms with Gasteiger partial charge in [-0.25, -0.2) is 4.79 Å². The summed E-state index contributed by atoms with van der Waals surface area (Å²) in [6.07, 6.45) is 2.45. The molecule has 0 bridgehead atoms. The van der Waals surface area contributed by atoms with Gasteiger partial charge in [0.1, 0.15) is 0 Å². The third-order valence-electron chi connectivity index (χ3n) is 3.91. The minimum atomic E-state index is -1.11. The van der Waals surface area contributed by atoms with Crippen molar-refractivity contribution in [2.45, 2.75) is 26.2 Å². The minimum Gasteiger partial charge on any atom is -0.478 e. The number of carboxylic acids is 1. The van der Waals surface area contributed by atoms with Gasteiger partial charge in [-0.3, -0.25) is 4.79 Å². The second kappa shape index (κ2) is 6.45. The van der Waals surface area contributed by atoms with E-state index >= 15 is 0 Å². The molecule has 1 unspecified atom stereocenters. The quantitative estimate of drug-likeness (QED) is 0.781. The molecule has 2 rings (SSSR count). The van der Waals surface area contributed by atoms with E-state index in [4.69, 9.17) is 11.6 Å². The highest BCUT2D eigenvalue weighted by Gasteiger charge is 2.40. The van der Waals surface area contributed by atoms with Crippen molar-refractivity contribution < 1.29 is 14.7 Å². The van der Waals surface area contributed by atoms with E-state index < -0.39 is 11.4 Å². The number of benzene rings is 1. The third kappa shape index (κ3) is 3.36. The molecule has 1 aliphatic heterocycles. The maximum absolute atomic E-state index is 12.6. The van der Waals surface area contributed by atoms with Gasteiger partial charge in [0.2, 0.25) is 5.91 Å². The van der Waals surface area contributed by atoms with Crippen molar-refractivity contribution in [3.63, 3.8) is 0 Å². The number of carbonyl (C=O) groups is 2. The Hall–Kier alpha value is -1.59. The minimum absolute atomic E-state index is 0.00783. The number of rotatable bonds is 5. The molecule has 0 aliphatic carbocycles. The maximum Gasteiger partial charge on any atom is 0.337 e. The summed E-state index contributed by atoms with van der Waals surface area (Å²) in [7, 11) is 0. The smallest absolute Gasteiger partial charge is 0.337 e. The number of halogens is 1. The van der Waals surface area contributed by atoms with E-state index in [1.807, 2.05) is 6.92 Å². The van der Waals surface area contributed by atoms with Crippen molar-refractivity contribution in [3.8, 4) is 0 Å². The second-order valence-electron chi connectivity index (χ2n) is 5.41. The van der Waals surface area contributed by atoms with Gasteiger partial charge in [-0.1, -0.05) is 24.9 Å². The fourth-order valence-electron chi connectivity index (χ4n) is 2.80. The largest absolute Gasteiger partial charge is 0.478 e. The first-order valence-electron chi connectivity index (χ1n) is 7.03. The summed E-state index contributed by atoms with van der Waals surface area (Å²) in [5.74, 6) is -1.24. The van der Waals surface area contributed by atoms with Crippen LogP contribution in [0.1, 0.15) is 36.5 Å². The zero-order valence-electron chi connectivity index (χ0n) is 11.9. The van der Waals surface area contributed by atoms with E-state index in [1.165, 1.54) is 12.1 Å². The number of nitrogens with one attached hydrogen (secondary N) is 2. The highest BCUT2D eigenvalue weighted by atomic mass is 35.5. The summed E-state index contributed by atoms with van der Waals surface area (Å²) in [5.41, 5.74) is -0.155. The lowest BCUT2D eigenvalue weighted by atomic mass is 9.81. The van der Waals surface area contributed by atoms with Crippen LogP contribution < -0.4 is 10.6 Å². The number of hydrogen-bond donors (Lipinski definition) is 3. The van der Waals surface area contributed by atoms with E-state index in [-0.39, 0.29) is 11.5 Å². The highest BCUT2D eigenvalue weighted by Crippen LogP contribution is 2.33. The molecule has 1 aromatic rings. The molecular formula is C15H19ClN2O3. The molecule has 0 aromatic heterocycles. The molecule has 6 heteroatoms. The Morgan fingerprint density at radius 1 is 1.48 bits per heavy atom. The molecule has 5 nitrogen and oxygen atoms in total. The van der Waals surface area contributed by atoms with Crippen LogP contribution in [0.2, 0.25) is 5.02 Å². The summed E-state index contributed by atoms with van der Waals surface area (Å²) < 4.78 is 0. The standard InChI is InChI=1S/C15H19ClN2O3/c1-2-5-15(6-7-17-9-15)14(21)18-12-4-3-10(16)8-11(12)13(19)20/h3-4,8,17H,2,5-7,9H2,1H3,(H,18,21)(H,19,20). The molecule has 0 spiro atoms. The van der Waals surface area contributed by atoms with E-state index in [0.29, 0.717) is 17.3 Å². The first-order chi connectivity index (χ1) is 9.98. The Bertz CT molecular complexity index is 554. The Labute approximate surface area is 128 Å². The molecule has 1 amide bonds. The predicted octanol–water partition coefficient (Wildman–Crippen LogP) is 2.76. The van der Waals surface area contributed by atoms with Crippen LogP contribution in [0.5, 0.6) is 0 Å². The van der Waals surface area contributed by atoms with Gasteiger partial charge in [0.05, 0.1) is 16.7 Å². The van der Waals surface area contributed by atoms with Crippen LogP contribution in [0.15, 0.2) is 18.2 Å². The lowest BCUT2D eigenvalue weighted by Gasteiger charge is -2.26. The summed E-state index contributed by atoms with van der Waals surface area (Å²) in [6.45, 7) is 3.47. The molecule has 0 saturated carbocycles. The number of carboxylic acid groups (broad SMARTS) is 1. The average molecular weight is 311 g/mol. The fourth-order valence-corrected chi connectivity index (χ4v) is 2.97. The molecule has 1 aromatic carbocycles. The zero-order chi connectivity index (χ0) is 15.5. The first kappa shape index (κ1) is 15.8. The molecule has 114 valence electrons. The van der Waals surface area contributed by atoms with Gasteiger partial charge in [0.15, 0.2) is 0 Å². The molecular weight excluding hydrogens is 292 g/mol. The molecule has 0 radical (unpaired) electrons. The number of aromatic carboxylic acids is 1. The average Bonchev–Trinajstić information content (AvgIpc) is 2.91. The number of hydrogen-bond acceptors (Lipinski definition) is 3. The Balaban J connectivity index is 2.25. The Morgan fingerprint density at radius 2 is 2.24 bits per heavy atom. The molecule has 1 heterocycles. The van der Waals surface area contributed by atoms with Crippen LogP contribution in [0.25, 0.3) is 0 Å². The van der Waals surface area contributed by atoms with Crippen molar-refractivity contribution in [3.05, 3.63) is 28.8 Å². The number of anilines is 1. The van der Waals surface area contributed by atoms with E-state index in [9.17, 15) is 14.7 Å². The van der Waals surface area contributed by atoms with Crippen molar-refractivity contribution in [1.29, 1.82) is 0 Å². The van der Waals surface area contributed by atoms with Gasteiger partial charge >= 0.3 is 5.97 Å². The summed E-state index contributed by atoms with van der Waals surface area (Å²) in [4.78, 5) is 23.9. The van der Waals surface area contributed by atoms with Crippen LogP contribution in [0, 0.1) is 5.41 Å². The molecule has 1 fully saturated rings. The van der Waals surface area contributed by atoms with Crippen LogP contribution in [-0.4, -0.2) is 30.1 Å². The van der Waals surface area contributed by atoms with E-state index in [0.717, 1.165) is 25.8 Å². The SMILES string of the molecule is CCCC1(C(=O)Nc2ccc(Cl)cc2C(=O)O)CCNC1. The van der Waals surface area contributed by atoms with Gasteiger partial charge in [-0.2, -0.15) is 0 Å². The lowest BCUT2D eigenvalue weighted by Crippen LogP contribution is -2.38. The zero-order valence-corrected chi connectivity index (χ0v) is 12.7.